The Bertz CT molecular complexity index is 633. The van der Waals surface area contributed by atoms with Crippen LogP contribution in [-0.4, -0.2) is 43.3 Å². The fraction of sp³-hybridized carbons (Fsp3) is 0.556. The van der Waals surface area contributed by atoms with Gasteiger partial charge < -0.3 is 19.6 Å². The molecular formula is C9H13N2O8P. The van der Waals surface area contributed by atoms with Crippen LogP contribution in [0.3, 0.4) is 0 Å². The highest BCUT2D eigenvalue weighted by atomic mass is 31.2. The van der Waals surface area contributed by atoms with E-state index in [4.69, 9.17) is 14.5 Å². The number of hydrogen-bond acceptors (Lipinski definition) is 6. The van der Waals surface area contributed by atoms with E-state index in [1.54, 1.807) is 0 Å². The standard InChI is InChI=1S/C9H13N2O8P/c12-5-3-8(11-2-1-7(13)10-9(11)14)19-6(5)4-18-20(15,16)17/h1-2,5-6,8,12H,3-4H2,(H,10,13,14)(H2,15,16,17)/t5-,6+,8?/m0/s1. The highest BCUT2D eigenvalue weighted by Gasteiger charge is 2.36. The van der Waals surface area contributed by atoms with Crippen molar-refractivity contribution < 1.29 is 28.7 Å². The summed E-state index contributed by atoms with van der Waals surface area (Å²) in [6.07, 6.45) is -1.64. The fourth-order valence-corrected chi connectivity index (χ4v) is 2.20. The van der Waals surface area contributed by atoms with Crippen molar-refractivity contribution in [3.63, 3.8) is 0 Å². The SMILES string of the molecule is O=c1ccn(C2C[C@H](O)[C@@H](COP(=O)(O)O)O2)c(=O)[nH]1. The Morgan fingerprint density at radius 2 is 2.20 bits per heavy atom. The van der Waals surface area contributed by atoms with Crippen LogP contribution >= 0.6 is 7.82 Å². The van der Waals surface area contributed by atoms with Crippen LogP contribution in [0, 0.1) is 0 Å². The van der Waals surface area contributed by atoms with Gasteiger partial charge in [-0.2, -0.15) is 0 Å². The van der Waals surface area contributed by atoms with Crippen molar-refractivity contribution in [2.75, 3.05) is 6.61 Å². The molecule has 1 fully saturated rings. The van der Waals surface area contributed by atoms with E-state index in [0.29, 0.717) is 0 Å². The van der Waals surface area contributed by atoms with E-state index in [1.165, 1.54) is 6.20 Å². The Morgan fingerprint density at radius 3 is 2.80 bits per heavy atom. The van der Waals surface area contributed by atoms with Crippen LogP contribution < -0.4 is 11.2 Å². The molecule has 1 aromatic rings. The number of hydrogen-bond donors (Lipinski definition) is 4. The smallest absolute Gasteiger partial charge is 0.390 e. The number of phosphoric ester groups is 1. The van der Waals surface area contributed by atoms with Crippen LogP contribution in [0.15, 0.2) is 21.9 Å². The van der Waals surface area contributed by atoms with Gasteiger partial charge in [-0.15, -0.1) is 0 Å². The molecule has 1 saturated heterocycles. The molecule has 112 valence electrons. The lowest BCUT2D eigenvalue weighted by Crippen LogP contribution is -2.31. The van der Waals surface area contributed by atoms with Crippen LogP contribution in [0.5, 0.6) is 0 Å². The number of aromatic nitrogens is 2. The zero-order valence-electron chi connectivity index (χ0n) is 10.1. The molecule has 0 radical (unpaired) electrons. The van der Waals surface area contributed by atoms with Crippen molar-refractivity contribution >= 4 is 7.82 Å². The molecule has 0 bridgehead atoms. The van der Waals surface area contributed by atoms with Crippen LogP contribution in [0.25, 0.3) is 0 Å². The number of aliphatic hydroxyl groups excluding tert-OH is 1. The Hall–Kier alpha value is -1.29. The lowest BCUT2D eigenvalue weighted by Gasteiger charge is -2.16. The van der Waals surface area contributed by atoms with Crippen LogP contribution in [-0.2, 0) is 13.8 Å². The Morgan fingerprint density at radius 1 is 1.50 bits per heavy atom. The van der Waals surface area contributed by atoms with Crippen molar-refractivity contribution in [2.24, 2.45) is 0 Å². The number of H-pyrrole nitrogens is 1. The van der Waals surface area contributed by atoms with Crippen molar-refractivity contribution in [1.82, 2.24) is 9.55 Å². The molecule has 0 spiro atoms. The van der Waals surface area contributed by atoms with E-state index in [2.05, 4.69) is 4.52 Å². The zero-order valence-corrected chi connectivity index (χ0v) is 11.0. The molecule has 10 nitrogen and oxygen atoms in total. The third kappa shape index (κ3) is 3.63. The van der Waals surface area contributed by atoms with Crippen molar-refractivity contribution in [3.05, 3.63) is 33.1 Å². The maximum absolute atomic E-state index is 11.5. The molecule has 20 heavy (non-hydrogen) atoms. The molecule has 1 unspecified atom stereocenters. The van der Waals surface area contributed by atoms with Crippen molar-refractivity contribution in [2.45, 2.75) is 24.9 Å². The first-order chi connectivity index (χ1) is 9.26. The third-order valence-electron chi connectivity index (χ3n) is 2.77. The summed E-state index contributed by atoms with van der Waals surface area (Å²) in [5, 5.41) is 9.72. The van der Waals surface area contributed by atoms with Crippen LogP contribution in [0.4, 0.5) is 0 Å². The Kier molecular flexibility index (Phi) is 4.23. The highest BCUT2D eigenvalue weighted by molar-refractivity contribution is 7.46. The van der Waals surface area contributed by atoms with E-state index in [1.807, 2.05) is 4.98 Å². The molecule has 0 aliphatic carbocycles. The predicted octanol–water partition coefficient (Wildman–Crippen LogP) is -1.71. The van der Waals surface area contributed by atoms with Gasteiger partial charge in [0, 0.05) is 18.7 Å². The highest BCUT2D eigenvalue weighted by Crippen LogP contribution is 2.37. The maximum Gasteiger partial charge on any atom is 0.469 e. The largest absolute Gasteiger partial charge is 0.469 e. The summed E-state index contributed by atoms with van der Waals surface area (Å²) in [6.45, 7) is -0.514. The zero-order chi connectivity index (χ0) is 14.9. The molecule has 11 heteroatoms. The molecule has 3 atom stereocenters. The first-order valence-electron chi connectivity index (χ1n) is 5.61. The minimum absolute atomic E-state index is 0.0289. The predicted molar refractivity (Wildman–Crippen MR) is 63.9 cm³/mol. The fourth-order valence-electron chi connectivity index (χ4n) is 1.86. The van der Waals surface area contributed by atoms with Gasteiger partial charge in [0.05, 0.1) is 12.7 Å². The second-order valence-electron chi connectivity index (χ2n) is 4.24. The summed E-state index contributed by atoms with van der Waals surface area (Å²) < 4.78 is 21.2. The Labute approximate surface area is 111 Å². The van der Waals surface area contributed by atoms with Gasteiger partial charge in [0.15, 0.2) is 0 Å². The average molecular weight is 308 g/mol. The normalized spacial score (nSPS) is 26.9. The number of ether oxygens (including phenoxy) is 1. The quantitative estimate of drug-likeness (QED) is 0.480. The molecule has 2 rings (SSSR count). The van der Waals surface area contributed by atoms with E-state index in [9.17, 15) is 19.3 Å². The third-order valence-corrected chi connectivity index (χ3v) is 3.26. The lowest BCUT2D eigenvalue weighted by atomic mass is 10.2. The lowest BCUT2D eigenvalue weighted by molar-refractivity contribution is -0.0450. The van der Waals surface area contributed by atoms with Crippen LogP contribution in [0.1, 0.15) is 12.6 Å². The minimum Gasteiger partial charge on any atom is -0.390 e. The summed E-state index contributed by atoms with van der Waals surface area (Å²) in [5.74, 6) is 0. The molecule has 0 aromatic carbocycles. The van der Waals surface area contributed by atoms with E-state index >= 15 is 0 Å². The number of aliphatic hydroxyl groups is 1. The van der Waals surface area contributed by atoms with Gasteiger partial charge in [-0.3, -0.25) is 18.9 Å². The van der Waals surface area contributed by atoms with Gasteiger partial charge in [0.2, 0.25) is 0 Å². The van der Waals surface area contributed by atoms with Gasteiger partial charge >= 0.3 is 13.5 Å². The molecule has 0 saturated carbocycles. The second kappa shape index (κ2) is 5.60. The minimum atomic E-state index is -4.66. The van der Waals surface area contributed by atoms with Gasteiger partial charge in [-0.1, -0.05) is 0 Å². The van der Waals surface area contributed by atoms with Gasteiger partial charge in [0.1, 0.15) is 12.3 Å². The second-order valence-corrected chi connectivity index (χ2v) is 5.48. The molecule has 2 heterocycles. The molecule has 0 amide bonds. The van der Waals surface area contributed by atoms with E-state index in [0.717, 1.165) is 10.6 Å². The summed E-state index contributed by atoms with van der Waals surface area (Å²) >= 11 is 0. The van der Waals surface area contributed by atoms with Crippen molar-refractivity contribution in [3.8, 4) is 0 Å². The molecular weight excluding hydrogens is 295 g/mol. The summed E-state index contributed by atoms with van der Waals surface area (Å²) in [5.41, 5.74) is -1.27. The first-order valence-corrected chi connectivity index (χ1v) is 7.14. The molecule has 1 aliphatic rings. The van der Waals surface area contributed by atoms with Gasteiger partial charge in [0.25, 0.3) is 5.56 Å². The summed E-state index contributed by atoms with van der Waals surface area (Å²) in [6, 6.07) is 1.12. The maximum atomic E-state index is 11.5. The number of phosphoric acid groups is 1. The summed E-state index contributed by atoms with van der Waals surface area (Å²) in [4.78, 5) is 41.7. The average Bonchev–Trinajstić information content (AvgIpc) is 2.67. The van der Waals surface area contributed by atoms with Crippen LogP contribution in [0.2, 0.25) is 0 Å². The summed E-state index contributed by atoms with van der Waals surface area (Å²) in [7, 11) is -4.66. The molecule has 1 aromatic heterocycles. The monoisotopic (exact) mass is 308 g/mol. The molecule has 4 N–H and O–H groups in total. The van der Waals surface area contributed by atoms with E-state index in [-0.39, 0.29) is 6.42 Å². The number of nitrogens with one attached hydrogen (secondary N) is 1. The Balaban J connectivity index is 2.08. The first kappa shape index (κ1) is 15.1. The number of nitrogens with zero attached hydrogens (tertiary/aromatic N) is 1. The number of aromatic amines is 1. The topological polar surface area (TPSA) is 151 Å². The molecule has 1 aliphatic heterocycles. The van der Waals surface area contributed by atoms with Gasteiger partial charge in [-0.25, -0.2) is 9.36 Å². The number of rotatable bonds is 4. The van der Waals surface area contributed by atoms with Crippen molar-refractivity contribution in [1.29, 1.82) is 0 Å². The van der Waals surface area contributed by atoms with E-state index < -0.39 is 44.1 Å². The van der Waals surface area contributed by atoms with Gasteiger partial charge in [-0.05, 0) is 0 Å².